The lowest BCUT2D eigenvalue weighted by Crippen LogP contribution is -2.59. The Bertz CT molecular complexity index is 930. The van der Waals surface area contributed by atoms with Crippen LogP contribution in [0, 0.1) is 11.8 Å². The van der Waals surface area contributed by atoms with E-state index in [-0.39, 0.29) is 35.2 Å². The highest BCUT2D eigenvalue weighted by atomic mass is 79.9. The molecule has 3 amide bonds. The summed E-state index contributed by atoms with van der Waals surface area (Å²) in [6.45, 7) is 3.69. The molecule has 4 unspecified atom stereocenters. The van der Waals surface area contributed by atoms with Crippen LogP contribution in [0.3, 0.4) is 0 Å². The molecule has 1 aromatic rings. The van der Waals surface area contributed by atoms with Gasteiger partial charge in [0.1, 0.15) is 11.6 Å². The molecule has 1 spiro atoms. The summed E-state index contributed by atoms with van der Waals surface area (Å²) in [5.74, 6) is -2.32. The van der Waals surface area contributed by atoms with E-state index in [1.807, 2.05) is 37.3 Å². The Kier molecular flexibility index (Phi) is 7.36. The van der Waals surface area contributed by atoms with Crippen LogP contribution in [0.2, 0.25) is 0 Å². The average Bonchev–Trinajstić information content (AvgIpc) is 3.41. The van der Waals surface area contributed by atoms with E-state index in [2.05, 4.69) is 33.5 Å². The van der Waals surface area contributed by atoms with E-state index in [1.54, 1.807) is 7.05 Å². The minimum absolute atomic E-state index is 0.0697. The molecule has 4 rings (SSSR count). The highest BCUT2D eigenvalue weighted by Gasteiger charge is 2.76. The Morgan fingerprint density at radius 3 is 2.62 bits per heavy atom. The largest absolute Gasteiger partial charge is 0.394 e. The summed E-state index contributed by atoms with van der Waals surface area (Å²) in [7, 11) is 1.55. The number of likely N-dealkylation sites (tertiary alicyclic amines) is 1. The number of alkyl halides is 1. The molecule has 1 aromatic carbocycles. The molecule has 2 bridgehead atoms. The molecule has 186 valence electrons. The number of amides is 3. The number of carbonyl (C=O) groups excluding carboxylic acids is 3. The summed E-state index contributed by atoms with van der Waals surface area (Å²) < 4.78 is 6.44. The van der Waals surface area contributed by atoms with Gasteiger partial charge in [-0.1, -0.05) is 59.6 Å². The minimum Gasteiger partial charge on any atom is -0.394 e. The van der Waals surface area contributed by atoms with Crippen LogP contribution in [-0.2, 0) is 25.5 Å². The van der Waals surface area contributed by atoms with Crippen molar-refractivity contribution >= 4 is 33.7 Å². The van der Waals surface area contributed by atoms with E-state index in [4.69, 9.17) is 4.74 Å². The number of hydrogen-bond acceptors (Lipinski definition) is 5. The molecule has 8 nitrogen and oxygen atoms in total. The molecule has 3 N–H and O–H groups in total. The van der Waals surface area contributed by atoms with E-state index in [9.17, 15) is 19.5 Å². The second-order valence-electron chi connectivity index (χ2n) is 9.75. The molecule has 9 heteroatoms. The molecule has 0 saturated carbocycles. The molecule has 3 heterocycles. The molecule has 3 saturated heterocycles. The molecule has 0 radical (unpaired) electrons. The van der Waals surface area contributed by atoms with Gasteiger partial charge in [-0.3, -0.25) is 14.4 Å². The van der Waals surface area contributed by atoms with Crippen molar-refractivity contribution in [2.75, 3.05) is 13.7 Å². The van der Waals surface area contributed by atoms with Crippen molar-refractivity contribution in [1.82, 2.24) is 15.5 Å². The second-order valence-corrected chi connectivity index (χ2v) is 10.9. The average molecular weight is 536 g/mol. The number of nitrogens with zero attached hydrogens (tertiary/aromatic N) is 1. The molecule has 3 aliphatic heterocycles. The zero-order valence-corrected chi connectivity index (χ0v) is 21.5. The third-order valence-electron chi connectivity index (χ3n) is 7.55. The van der Waals surface area contributed by atoms with Gasteiger partial charge < -0.3 is 25.4 Å². The molecule has 0 aromatic heterocycles. The monoisotopic (exact) mass is 535 g/mol. The number of halogens is 1. The van der Waals surface area contributed by atoms with Gasteiger partial charge in [0.25, 0.3) is 0 Å². The number of rotatable bonds is 9. The van der Waals surface area contributed by atoms with Crippen LogP contribution in [0.4, 0.5) is 0 Å². The summed E-state index contributed by atoms with van der Waals surface area (Å²) in [6, 6.07) is 7.97. The fourth-order valence-electron chi connectivity index (χ4n) is 6.19. The van der Waals surface area contributed by atoms with Crippen LogP contribution in [0.1, 0.15) is 38.7 Å². The molecular weight excluding hydrogens is 502 g/mol. The van der Waals surface area contributed by atoms with Crippen molar-refractivity contribution in [3.8, 4) is 0 Å². The van der Waals surface area contributed by atoms with Gasteiger partial charge in [-0.25, -0.2) is 0 Å². The van der Waals surface area contributed by atoms with E-state index in [1.165, 1.54) is 4.90 Å². The maximum atomic E-state index is 14.0. The highest BCUT2D eigenvalue weighted by molar-refractivity contribution is 9.09. The van der Waals surface area contributed by atoms with E-state index in [0.717, 1.165) is 18.4 Å². The third-order valence-corrected chi connectivity index (χ3v) is 8.40. The lowest BCUT2D eigenvalue weighted by Gasteiger charge is -2.37. The van der Waals surface area contributed by atoms with Crippen molar-refractivity contribution in [3.05, 3.63) is 35.9 Å². The van der Waals surface area contributed by atoms with Crippen molar-refractivity contribution in [2.45, 2.75) is 74.2 Å². The van der Waals surface area contributed by atoms with Crippen molar-refractivity contribution in [3.63, 3.8) is 0 Å². The molecule has 34 heavy (non-hydrogen) atoms. The SMILES string of the molecule is CCCC(C)NC(=O)C1N([C@@H](CO)Cc2ccccc2)C(=O)[C@@H]2[C@@H](C(=O)NC)[C@@H]3OC12CC3Br. The second kappa shape index (κ2) is 9.95. The Morgan fingerprint density at radius 2 is 2.00 bits per heavy atom. The number of aliphatic hydroxyl groups excluding tert-OH is 1. The zero-order chi connectivity index (χ0) is 24.6. The summed E-state index contributed by atoms with van der Waals surface area (Å²) >= 11 is 3.65. The summed E-state index contributed by atoms with van der Waals surface area (Å²) in [5, 5.41) is 16.1. The summed E-state index contributed by atoms with van der Waals surface area (Å²) in [5.41, 5.74) is -0.165. The van der Waals surface area contributed by atoms with Crippen LogP contribution in [0.25, 0.3) is 0 Å². The number of ether oxygens (including phenoxy) is 1. The predicted molar refractivity (Wildman–Crippen MR) is 130 cm³/mol. The Hall–Kier alpha value is -1.97. The van der Waals surface area contributed by atoms with Gasteiger partial charge in [-0.2, -0.15) is 0 Å². The van der Waals surface area contributed by atoms with E-state index in [0.29, 0.717) is 12.8 Å². The highest BCUT2D eigenvalue weighted by Crippen LogP contribution is 2.60. The molecular formula is C25H34BrN3O5. The molecule has 3 aliphatic rings. The topological polar surface area (TPSA) is 108 Å². The van der Waals surface area contributed by atoms with Crippen LogP contribution < -0.4 is 10.6 Å². The zero-order valence-electron chi connectivity index (χ0n) is 19.9. The van der Waals surface area contributed by atoms with Gasteiger partial charge in [0.2, 0.25) is 17.7 Å². The van der Waals surface area contributed by atoms with Gasteiger partial charge in [-0.05, 0) is 31.7 Å². The predicted octanol–water partition coefficient (Wildman–Crippen LogP) is 1.39. The van der Waals surface area contributed by atoms with Crippen LogP contribution in [0.5, 0.6) is 0 Å². The number of nitrogens with one attached hydrogen (secondary N) is 2. The fourth-order valence-corrected chi connectivity index (χ4v) is 7.13. The lowest BCUT2D eigenvalue weighted by molar-refractivity contribution is -0.145. The van der Waals surface area contributed by atoms with Crippen molar-refractivity contribution in [1.29, 1.82) is 0 Å². The van der Waals surface area contributed by atoms with E-state index >= 15 is 0 Å². The minimum atomic E-state index is -1.12. The van der Waals surface area contributed by atoms with Crippen LogP contribution >= 0.6 is 15.9 Å². The van der Waals surface area contributed by atoms with Gasteiger partial charge in [0, 0.05) is 17.9 Å². The first kappa shape index (κ1) is 25.1. The fraction of sp³-hybridized carbons (Fsp3) is 0.640. The molecule has 3 fully saturated rings. The Labute approximate surface area is 208 Å². The number of fused-ring (bicyclic) bond motifs is 1. The first-order valence-corrected chi connectivity index (χ1v) is 13.0. The normalized spacial score (nSPS) is 33.5. The van der Waals surface area contributed by atoms with Gasteiger partial charge in [-0.15, -0.1) is 0 Å². The maximum absolute atomic E-state index is 14.0. The maximum Gasteiger partial charge on any atom is 0.246 e. The van der Waals surface area contributed by atoms with Gasteiger partial charge >= 0.3 is 0 Å². The van der Waals surface area contributed by atoms with Crippen molar-refractivity contribution < 1.29 is 24.2 Å². The van der Waals surface area contributed by atoms with Crippen molar-refractivity contribution in [2.24, 2.45) is 11.8 Å². The number of hydrogen-bond donors (Lipinski definition) is 3. The molecule has 8 atom stereocenters. The Morgan fingerprint density at radius 1 is 1.29 bits per heavy atom. The first-order chi connectivity index (χ1) is 16.3. The Balaban J connectivity index is 1.75. The number of aliphatic hydroxyl groups is 1. The smallest absolute Gasteiger partial charge is 0.246 e. The first-order valence-electron chi connectivity index (χ1n) is 12.1. The summed E-state index contributed by atoms with van der Waals surface area (Å²) in [4.78, 5) is 42.0. The third kappa shape index (κ3) is 4.05. The lowest BCUT2D eigenvalue weighted by atomic mass is 9.70. The van der Waals surface area contributed by atoms with Gasteiger partial charge in [0.15, 0.2) is 0 Å². The standard InChI is InChI=1S/C25H34BrN3O5/c1-4-8-14(2)28-23(32)21-25-12-17(26)20(34-25)18(22(31)27-3)19(25)24(33)29(21)16(13-30)11-15-9-6-5-7-10-15/h5-7,9-10,14,16-21,30H,4,8,11-13H2,1-3H3,(H,27,31)(H,28,32)/t14?,16-,17?,18-,19+,20-,21?,25?/m1/s1. The number of carbonyl (C=O) groups is 3. The van der Waals surface area contributed by atoms with Gasteiger partial charge in [0.05, 0.1) is 30.6 Å². The van der Waals surface area contributed by atoms with Crippen LogP contribution in [-0.4, -0.2) is 76.0 Å². The van der Waals surface area contributed by atoms with E-state index < -0.39 is 35.6 Å². The van der Waals surface area contributed by atoms with Crippen LogP contribution in [0.15, 0.2) is 30.3 Å². The quantitative estimate of drug-likeness (QED) is 0.414. The number of benzene rings is 1. The summed E-state index contributed by atoms with van der Waals surface area (Å²) in [6.07, 6.45) is 2.08. The molecule has 0 aliphatic carbocycles.